The molecule has 0 spiro atoms. The van der Waals surface area contributed by atoms with E-state index in [2.05, 4.69) is 37.9 Å². The quantitative estimate of drug-likeness (QED) is 0.596. The van der Waals surface area contributed by atoms with Crippen LogP contribution in [0.5, 0.6) is 0 Å². The fraction of sp³-hybridized carbons (Fsp3) is 0.364. The maximum absolute atomic E-state index is 4.24. The van der Waals surface area contributed by atoms with E-state index in [9.17, 15) is 0 Å². The molecule has 0 atom stereocenters. The topological polar surface area (TPSA) is 12.4 Å². The van der Waals surface area contributed by atoms with Gasteiger partial charge >= 0.3 is 0 Å². The van der Waals surface area contributed by atoms with Crippen LogP contribution in [0.3, 0.4) is 0 Å². The van der Waals surface area contributed by atoms with Gasteiger partial charge in [-0.05, 0) is 31.9 Å². The molecule has 0 saturated carbocycles. The molecule has 0 fully saturated rings. The van der Waals surface area contributed by atoms with E-state index in [0.717, 1.165) is 6.54 Å². The monoisotopic (exact) mass is 159 g/mol. The van der Waals surface area contributed by atoms with Gasteiger partial charge < -0.3 is 0 Å². The van der Waals surface area contributed by atoms with Crippen molar-refractivity contribution in [2.45, 2.75) is 20.8 Å². The summed E-state index contributed by atoms with van der Waals surface area (Å²) in [6, 6.07) is 4.45. The van der Waals surface area contributed by atoms with Gasteiger partial charge in [-0.25, -0.2) is 0 Å². The largest absolute Gasteiger partial charge is 0.281 e. The molecule has 12 heavy (non-hydrogen) atoms. The molecule has 0 saturated heterocycles. The zero-order chi connectivity index (χ0) is 8.72. The molecule has 0 bridgehead atoms. The first-order valence-electron chi connectivity index (χ1n) is 4.30. The van der Waals surface area contributed by atoms with Crippen LogP contribution in [0, 0.1) is 20.8 Å². The van der Waals surface area contributed by atoms with E-state index < -0.39 is 0 Å². The van der Waals surface area contributed by atoms with Crippen molar-refractivity contribution in [3.05, 3.63) is 34.4 Å². The van der Waals surface area contributed by atoms with Gasteiger partial charge in [0.1, 0.15) is 0 Å². The Bertz CT molecular complexity index is 338. The summed E-state index contributed by atoms with van der Waals surface area (Å²) >= 11 is 0. The highest BCUT2D eigenvalue weighted by molar-refractivity contribution is 6.12. The molecule has 1 aromatic carbocycles. The standard InChI is InChI=1S/C11H13N/c1-7-4-8(2)11(9(3)5-7)10-6-12-10/h4-5H,6H2,1-3H3. The molecule has 0 radical (unpaired) electrons. The molecule has 0 aromatic heterocycles. The van der Waals surface area contributed by atoms with Gasteiger partial charge in [-0.3, -0.25) is 4.99 Å². The predicted octanol–water partition coefficient (Wildman–Crippen LogP) is 2.41. The first-order valence-corrected chi connectivity index (χ1v) is 4.30. The third-order valence-electron chi connectivity index (χ3n) is 2.28. The Hall–Kier alpha value is -1.11. The second-order valence-electron chi connectivity index (χ2n) is 3.54. The van der Waals surface area contributed by atoms with Crippen molar-refractivity contribution >= 4 is 5.71 Å². The average Bonchev–Trinajstić information content (AvgIpc) is 2.68. The van der Waals surface area contributed by atoms with E-state index in [1.54, 1.807) is 0 Å². The summed E-state index contributed by atoms with van der Waals surface area (Å²) in [5.74, 6) is 0. The number of rotatable bonds is 1. The number of aliphatic imine (C=N–C) groups is 1. The second-order valence-corrected chi connectivity index (χ2v) is 3.54. The van der Waals surface area contributed by atoms with Crippen molar-refractivity contribution in [3.63, 3.8) is 0 Å². The lowest BCUT2D eigenvalue weighted by Gasteiger charge is -2.06. The Labute approximate surface area is 73.1 Å². The lowest BCUT2D eigenvalue weighted by atomic mass is 9.98. The summed E-state index contributed by atoms with van der Waals surface area (Å²) < 4.78 is 0. The van der Waals surface area contributed by atoms with Crippen LogP contribution in [0.4, 0.5) is 0 Å². The molecule has 1 heteroatoms. The van der Waals surface area contributed by atoms with Crippen molar-refractivity contribution in [1.82, 2.24) is 0 Å². The Morgan fingerprint density at radius 1 is 1.08 bits per heavy atom. The van der Waals surface area contributed by atoms with Gasteiger partial charge in [-0.2, -0.15) is 0 Å². The van der Waals surface area contributed by atoms with E-state index in [1.807, 2.05) is 0 Å². The fourth-order valence-corrected chi connectivity index (χ4v) is 1.83. The smallest absolute Gasteiger partial charge is 0.0818 e. The summed E-state index contributed by atoms with van der Waals surface area (Å²) in [5.41, 5.74) is 6.73. The molecule has 0 unspecified atom stereocenters. The maximum Gasteiger partial charge on any atom is 0.0818 e. The van der Waals surface area contributed by atoms with Crippen molar-refractivity contribution in [3.8, 4) is 0 Å². The van der Waals surface area contributed by atoms with Crippen LogP contribution in [0.1, 0.15) is 22.3 Å². The number of aryl methyl sites for hydroxylation is 3. The molecule has 1 aliphatic heterocycles. The minimum atomic E-state index is 0.949. The van der Waals surface area contributed by atoms with Gasteiger partial charge in [0.15, 0.2) is 0 Å². The first kappa shape index (κ1) is 7.53. The fourth-order valence-electron chi connectivity index (χ4n) is 1.83. The molecule has 0 aliphatic carbocycles. The molecule has 1 aliphatic rings. The molecule has 0 amide bonds. The summed E-state index contributed by atoms with van der Waals surface area (Å²) in [6.45, 7) is 7.41. The molecule has 0 N–H and O–H groups in total. The van der Waals surface area contributed by atoms with Crippen LogP contribution in [0.25, 0.3) is 0 Å². The van der Waals surface area contributed by atoms with E-state index in [0.29, 0.717) is 0 Å². The highest BCUT2D eigenvalue weighted by atomic mass is 14.9. The van der Waals surface area contributed by atoms with E-state index in [-0.39, 0.29) is 0 Å². The zero-order valence-electron chi connectivity index (χ0n) is 7.81. The molecule has 1 heterocycles. The van der Waals surface area contributed by atoms with Crippen LogP contribution in [-0.2, 0) is 0 Å². The van der Waals surface area contributed by atoms with Gasteiger partial charge in [0.05, 0.1) is 12.3 Å². The lowest BCUT2D eigenvalue weighted by molar-refractivity contribution is 1.31. The number of nitrogens with zero attached hydrogens (tertiary/aromatic N) is 1. The molecule has 2 rings (SSSR count). The Morgan fingerprint density at radius 3 is 2.00 bits per heavy atom. The third kappa shape index (κ3) is 1.15. The van der Waals surface area contributed by atoms with Crippen LogP contribution in [-0.4, -0.2) is 12.3 Å². The van der Waals surface area contributed by atoms with E-state index in [4.69, 9.17) is 0 Å². The van der Waals surface area contributed by atoms with E-state index in [1.165, 1.54) is 28.0 Å². The van der Waals surface area contributed by atoms with Gasteiger partial charge in [-0.1, -0.05) is 17.7 Å². The predicted molar refractivity (Wildman–Crippen MR) is 52.1 cm³/mol. The molecular weight excluding hydrogens is 146 g/mol. The van der Waals surface area contributed by atoms with Crippen LogP contribution >= 0.6 is 0 Å². The summed E-state index contributed by atoms with van der Waals surface area (Å²) in [4.78, 5) is 4.24. The average molecular weight is 159 g/mol. The lowest BCUT2D eigenvalue weighted by Crippen LogP contribution is -1.97. The third-order valence-corrected chi connectivity index (χ3v) is 2.28. The SMILES string of the molecule is Cc1cc(C)c(C2=NC2)c(C)c1. The van der Waals surface area contributed by atoms with Crippen LogP contribution in [0.2, 0.25) is 0 Å². The normalized spacial score (nSPS) is 14.4. The Kier molecular flexibility index (Phi) is 1.53. The molecular formula is C11H13N. The second kappa shape index (κ2) is 2.44. The highest BCUT2D eigenvalue weighted by Gasteiger charge is 2.17. The number of hydrogen-bond acceptors (Lipinski definition) is 1. The first-order chi connectivity index (χ1) is 5.68. The number of benzene rings is 1. The van der Waals surface area contributed by atoms with Crippen molar-refractivity contribution in [2.24, 2.45) is 4.99 Å². The zero-order valence-corrected chi connectivity index (χ0v) is 7.81. The minimum absolute atomic E-state index is 0.949. The van der Waals surface area contributed by atoms with Crippen LogP contribution in [0.15, 0.2) is 17.1 Å². The van der Waals surface area contributed by atoms with Crippen molar-refractivity contribution in [1.29, 1.82) is 0 Å². The molecule has 1 nitrogen and oxygen atoms in total. The Balaban J connectivity index is 2.59. The highest BCUT2D eigenvalue weighted by Crippen LogP contribution is 2.21. The summed E-state index contributed by atoms with van der Waals surface area (Å²) in [6.07, 6.45) is 0. The molecule has 62 valence electrons. The van der Waals surface area contributed by atoms with Gasteiger partial charge in [0.25, 0.3) is 0 Å². The number of hydrogen-bond donors (Lipinski definition) is 0. The molecule has 1 aromatic rings. The maximum atomic E-state index is 4.24. The van der Waals surface area contributed by atoms with Gasteiger partial charge in [0.2, 0.25) is 0 Å². The van der Waals surface area contributed by atoms with Gasteiger partial charge in [0, 0.05) is 5.56 Å². The van der Waals surface area contributed by atoms with E-state index >= 15 is 0 Å². The Morgan fingerprint density at radius 2 is 1.58 bits per heavy atom. The van der Waals surface area contributed by atoms with Gasteiger partial charge in [-0.15, -0.1) is 0 Å². The summed E-state index contributed by atoms with van der Waals surface area (Å²) in [5, 5.41) is 0. The summed E-state index contributed by atoms with van der Waals surface area (Å²) in [7, 11) is 0. The van der Waals surface area contributed by atoms with Crippen LogP contribution < -0.4 is 0 Å². The van der Waals surface area contributed by atoms with Crippen molar-refractivity contribution < 1.29 is 0 Å². The minimum Gasteiger partial charge on any atom is -0.281 e. The van der Waals surface area contributed by atoms with Crippen molar-refractivity contribution in [2.75, 3.05) is 6.54 Å².